The Balaban J connectivity index is 3.62. The van der Waals surface area contributed by atoms with E-state index in [1.807, 2.05) is 0 Å². The zero-order chi connectivity index (χ0) is 13.2. The summed E-state index contributed by atoms with van der Waals surface area (Å²) >= 11 is 0. The molecule has 0 saturated heterocycles. The lowest BCUT2D eigenvalue weighted by Crippen LogP contribution is -2.14. The summed E-state index contributed by atoms with van der Waals surface area (Å²) in [5.41, 5.74) is 0.136. The molecule has 0 aliphatic rings. The molecule has 94 valence electrons. The fourth-order valence-corrected chi connectivity index (χ4v) is 2.07. The molecular formula is C10H13NO5S. The molecule has 6 nitrogen and oxygen atoms in total. The first-order valence-corrected chi connectivity index (χ1v) is 6.15. The Bertz CT molecular complexity index is 550. The van der Waals surface area contributed by atoms with Crippen LogP contribution in [0.2, 0.25) is 0 Å². The van der Waals surface area contributed by atoms with E-state index in [4.69, 9.17) is 14.6 Å². The summed E-state index contributed by atoms with van der Waals surface area (Å²) in [5.74, 6) is -0.0505. The van der Waals surface area contributed by atoms with E-state index >= 15 is 0 Å². The van der Waals surface area contributed by atoms with Crippen molar-refractivity contribution >= 4 is 15.8 Å². The molecule has 0 radical (unpaired) electrons. The normalized spacial score (nSPS) is 11.1. The van der Waals surface area contributed by atoms with Gasteiger partial charge in [-0.3, -0.25) is 4.79 Å². The lowest BCUT2D eigenvalue weighted by molar-refractivity contribution is 0.101. The van der Waals surface area contributed by atoms with E-state index in [0.29, 0.717) is 0 Å². The Morgan fingerprint density at radius 2 is 1.71 bits per heavy atom. The largest absolute Gasteiger partial charge is 0.496 e. The van der Waals surface area contributed by atoms with E-state index < -0.39 is 10.0 Å². The molecular weight excluding hydrogens is 246 g/mol. The molecule has 2 N–H and O–H groups in total. The average Bonchev–Trinajstić information content (AvgIpc) is 2.25. The molecule has 0 saturated carbocycles. The summed E-state index contributed by atoms with van der Waals surface area (Å²) in [6, 6.07) is 2.46. The fourth-order valence-electron chi connectivity index (χ4n) is 1.37. The first-order valence-electron chi connectivity index (χ1n) is 4.61. The van der Waals surface area contributed by atoms with Crippen LogP contribution in [0.1, 0.15) is 17.3 Å². The van der Waals surface area contributed by atoms with Gasteiger partial charge in [0.25, 0.3) is 0 Å². The van der Waals surface area contributed by atoms with E-state index in [9.17, 15) is 13.2 Å². The number of hydrogen-bond donors (Lipinski definition) is 1. The maximum atomic E-state index is 11.3. The number of methoxy groups -OCH3 is 2. The average molecular weight is 259 g/mol. The second-order valence-electron chi connectivity index (χ2n) is 3.30. The highest BCUT2D eigenvalue weighted by Gasteiger charge is 2.20. The van der Waals surface area contributed by atoms with Crippen LogP contribution in [0.3, 0.4) is 0 Å². The quantitative estimate of drug-likeness (QED) is 0.797. The summed E-state index contributed by atoms with van der Waals surface area (Å²) in [5, 5.41) is 5.03. The number of benzene rings is 1. The van der Waals surface area contributed by atoms with E-state index in [-0.39, 0.29) is 27.7 Å². The number of ketones is 1. The molecule has 1 aromatic rings. The number of ether oxygens (including phenoxy) is 2. The van der Waals surface area contributed by atoms with Gasteiger partial charge in [0, 0.05) is 6.07 Å². The zero-order valence-electron chi connectivity index (χ0n) is 9.68. The first-order chi connectivity index (χ1) is 7.81. The van der Waals surface area contributed by atoms with Crippen molar-refractivity contribution in [3.8, 4) is 11.5 Å². The fraction of sp³-hybridized carbons (Fsp3) is 0.300. The third-order valence-electron chi connectivity index (χ3n) is 2.17. The topological polar surface area (TPSA) is 95.7 Å². The van der Waals surface area contributed by atoms with Gasteiger partial charge in [-0.15, -0.1) is 0 Å². The van der Waals surface area contributed by atoms with Crippen molar-refractivity contribution in [2.45, 2.75) is 11.8 Å². The second-order valence-corrected chi connectivity index (χ2v) is 4.83. The lowest BCUT2D eigenvalue weighted by Gasteiger charge is -2.12. The van der Waals surface area contributed by atoms with Crippen LogP contribution in [0.4, 0.5) is 0 Å². The van der Waals surface area contributed by atoms with Gasteiger partial charge in [-0.2, -0.15) is 0 Å². The van der Waals surface area contributed by atoms with Gasteiger partial charge in [0.1, 0.15) is 16.4 Å². The summed E-state index contributed by atoms with van der Waals surface area (Å²) < 4.78 is 32.5. The maximum Gasteiger partial charge on any atom is 0.241 e. The number of nitrogens with two attached hydrogens (primary N) is 1. The Labute approximate surface area is 99.4 Å². The number of sulfonamides is 1. The molecule has 0 spiro atoms. The molecule has 0 amide bonds. The predicted octanol–water partition coefficient (Wildman–Crippen LogP) is 0.554. The maximum absolute atomic E-state index is 11.3. The molecule has 0 aliphatic carbocycles. The van der Waals surface area contributed by atoms with Crippen LogP contribution in [-0.4, -0.2) is 28.4 Å². The minimum absolute atomic E-state index is 0.0364. The van der Waals surface area contributed by atoms with E-state index in [1.54, 1.807) is 0 Å². The summed E-state index contributed by atoms with van der Waals surface area (Å²) in [6.07, 6.45) is 0. The standard InChI is InChI=1S/C10H13NO5S/c1-6(12)7-4-10(17(11,13)14)9(16-3)5-8(7)15-2/h4-5H,1-3H3,(H2,11,13,14). The van der Waals surface area contributed by atoms with Crippen LogP contribution in [0, 0.1) is 0 Å². The molecule has 0 aliphatic heterocycles. The van der Waals surface area contributed by atoms with Crippen LogP contribution in [0.15, 0.2) is 17.0 Å². The number of carbonyl (C=O) groups excluding carboxylic acids is 1. The number of primary sulfonamides is 1. The summed E-state index contributed by atoms with van der Waals surface area (Å²) in [7, 11) is -1.28. The zero-order valence-corrected chi connectivity index (χ0v) is 10.5. The van der Waals surface area contributed by atoms with Crippen molar-refractivity contribution in [2.24, 2.45) is 5.14 Å². The molecule has 0 heterocycles. The number of carbonyl (C=O) groups is 1. The number of rotatable bonds is 4. The van der Waals surface area contributed by atoms with Gasteiger partial charge in [0.2, 0.25) is 10.0 Å². The smallest absolute Gasteiger partial charge is 0.241 e. The molecule has 0 atom stereocenters. The van der Waals surface area contributed by atoms with Gasteiger partial charge in [0.15, 0.2) is 5.78 Å². The Morgan fingerprint density at radius 3 is 2.06 bits per heavy atom. The minimum atomic E-state index is -3.96. The van der Waals surface area contributed by atoms with Crippen molar-refractivity contribution in [1.82, 2.24) is 0 Å². The molecule has 0 bridgehead atoms. The molecule has 1 rings (SSSR count). The molecule has 0 aromatic heterocycles. The van der Waals surface area contributed by atoms with Crippen molar-refractivity contribution in [1.29, 1.82) is 0 Å². The molecule has 17 heavy (non-hydrogen) atoms. The van der Waals surface area contributed by atoms with Gasteiger partial charge in [0.05, 0.1) is 19.8 Å². The van der Waals surface area contributed by atoms with Crippen LogP contribution in [0.5, 0.6) is 11.5 Å². The summed E-state index contributed by atoms with van der Waals surface area (Å²) in [6.45, 7) is 1.30. The Hall–Kier alpha value is -1.60. The van der Waals surface area contributed by atoms with Crippen molar-refractivity contribution in [3.63, 3.8) is 0 Å². The van der Waals surface area contributed by atoms with Gasteiger partial charge in [-0.05, 0) is 13.0 Å². The first kappa shape index (κ1) is 13.5. The highest BCUT2D eigenvalue weighted by molar-refractivity contribution is 7.89. The van der Waals surface area contributed by atoms with Crippen LogP contribution in [-0.2, 0) is 10.0 Å². The predicted molar refractivity (Wildman–Crippen MR) is 60.9 cm³/mol. The van der Waals surface area contributed by atoms with Crippen LogP contribution in [0.25, 0.3) is 0 Å². The third-order valence-corrected chi connectivity index (χ3v) is 3.10. The van der Waals surface area contributed by atoms with Crippen LogP contribution >= 0.6 is 0 Å². The van der Waals surface area contributed by atoms with Gasteiger partial charge >= 0.3 is 0 Å². The monoisotopic (exact) mass is 259 g/mol. The van der Waals surface area contributed by atoms with Crippen molar-refractivity contribution in [2.75, 3.05) is 14.2 Å². The Morgan fingerprint density at radius 1 is 1.18 bits per heavy atom. The highest BCUT2D eigenvalue weighted by Crippen LogP contribution is 2.31. The lowest BCUT2D eigenvalue weighted by atomic mass is 10.1. The van der Waals surface area contributed by atoms with Crippen molar-refractivity contribution in [3.05, 3.63) is 17.7 Å². The SMILES string of the molecule is COc1cc(OC)c(S(N)(=O)=O)cc1C(C)=O. The highest BCUT2D eigenvalue weighted by atomic mass is 32.2. The van der Waals surface area contributed by atoms with E-state index in [2.05, 4.69) is 0 Å². The summed E-state index contributed by atoms with van der Waals surface area (Å²) in [4.78, 5) is 11.1. The molecule has 0 unspecified atom stereocenters. The van der Waals surface area contributed by atoms with Crippen molar-refractivity contribution < 1.29 is 22.7 Å². The van der Waals surface area contributed by atoms with Gasteiger partial charge in [-0.1, -0.05) is 0 Å². The number of Topliss-reactive ketones (excluding diaryl/α,β-unsaturated/α-hetero) is 1. The second kappa shape index (κ2) is 4.72. The molecule has 1 aromatic carbocycles. The minimum Gasteiger partial charge on any atom is -0.496 e. The van der Waals surface area contributed by atoms with Crippen LogP contribution < -0.4 is 14.6 Å². The third kappa shape index (κ3) is 2.75. The Kier molecular flexibility index (Phi) is 3.74. The molecule has 7 heteroatoms. The number of hydrogen-bond acceptors (Lipinski definition) is 5. The van der Waals surface area contributed by atoms with E-state index in [1.165, 1.54) is 27.2 Å². The van der Waals surface area contributed by atoms with Gasteiger partial charge in [-0.25, -0.2) is 13.6 Å². The molecule has 0 fully saturated rings. The van der Waals surface area contributed by atoms with E-state index in [0.717, 1.165) is 6.07 Å². The van der Waals surface area contributed by atoms with Gasteiger partial charge < -0.3 is 9.47 Å².